The van der Waals surface area contributed by atoms with Crippen LogP contribution < -0.4 is 10.6 Å². The Morgan fingerprint density at radius 2 is 2.05 bits per heavy atom. The Bertz CT molecular complexity index is 452. The lowest BCUT2D eigenvalue weighted by atomic mass is 9.95. The van der Waals surface area contributed by atoms with Gasteiger partial charge in [0.15, 0.2) is 0 Å². The van der Waals surface area contributed by atoms with Gasteiger partial charge in [0.2, 0.25) is 0 Å². The third kappa shape index (κ3) is 5.64. The van der Waals surface area contributed by atoms with Crippen LogP contribution in [0.25, 0.3) is 0 Å². The van der Waals surface area contributed by atoms with Gasteiger partial charge in [-0.15, -0.1) is 0 Å². The number of amides is 1. The second-order valence-corrected chi connectivity index (χ2v) is 6.32. The predicted molar refractivity (Wildman–Crippen MR) is 90.2 cm³/mol. The Kier molecular flexibility index (Phi) is 6.65. The molecule has 22 heavy (non-hydrogen) atoms. The average Bonchev–Trinajstić information content (AvgIpc) is 2.53. The van der Waals surface area contributed by atoms with Gasteiger partial charge in [-0.25, -0.2) is 4.98 Å². The van der Waals surface area contributed by atoms with Crippen LogP contribution in [0.2, 0.25) is 0 Å². The molecule has 1 aliphatic carbocycles. The molecule has 0 unspecified atom stereocenters. The highest BCUT2D eigenvalue weighted by molar-refractivity contribution is 5.92. The number of nitrogens with one attached hydrogen (secondary N) is 2. The Morgan fingerprint density at radius 1 is 1.27 bits per heavy atom. The molecule has 1 saturated carbocycles. The summed E-state index contributed by atoms with van der Waals surface area (Å²) in [5, 5.41) is 6.42. The Labute approximate surface area is 133 Å². The number of anilines is 1. The lowest BCUT2D eigenvalue weighted by molar-refractivity contribution is 0.0947. The van der Waals surface area contributed by atoms with Gasteiger partial charge in [0.05, 0.1) is 11.9 Å². The average molecular weight is 304 g/mol. The summed E-state index contributed by atoms with van der Waals surface area (Å²) in [6.45, 7) is 1.65. The van der Waals surface area contributed by atoms with Crippen LogP contribution in [0.3, 0.4) is 0 Å². The topological polar surface area (TPSA) is 57.3 Å². The number of hydrogen-bond donors (Lipinski definition) is 2. The minimum absolute atomic E-state index is 0.0945. The summed E-state index contributed by atoms with van der Waals surface area (Å²) in [5.74, 6) is -0.0945. The van der Waals surface area contributed by atoms with Crippen LogP contribution >= 0.6 is 0 Å². The summed E-state index contributed by atoms with van der Waals surface area (Å²) in [6.07, 6.45) is 9.13. The van der Waals surface area contributed by atoms with Gasteiger partial charge < -0.3 is 15.5 Å². The van der Waals surface area contributed by atoms with Crippen molar-refractivity contribution in [2.75, 3.05) is 32.5 Å². The summed E-state index contributed by atoms with van der Waals surface area (Å²) >= 11 is 0. The fourth-order valence-electron chi connectivity index (χ4n) is 2.78. The Morgan fingerprint density at radius 3 is 2.68 bits per heavy atom. The minimum Gasteiger partial charge on any atom is -0.381 e. The van der Waals surface area contributed by atoms with Crippen molar-refractivity contribution >= 4 is 11.6 Å². The molecule has 5 heteroatoms. The van der Waals surface area contributed by atoms with E-state index in [9.17, 15) is 4.79 Å². The highest BCUT2D eigenvalue weighted by Crippen LogP contribution is 2.21. The van der Waals surface area contributed by atoms with E-state index in [-0.39, 0.29) is 5.91 Å². The lowest BCUT2D eigenvalue weighted by Gasteiger charge is -2.23. The second kappa shape index (κ2) is 8.73. The standard InChI is InChI=1S/C17H28N4O/c1-21(2)12-6-11-18-17(22)16-10-9-15(13-19-16)20-14-7-4-3-5-8-14/h9-10,13-14,20H,3-8,11-12H2,1-2H3,(H,18,22). The summed E-state index contributed by atoms with van der Waals surface area (Å²) < 4.78 is 0. The molecule has 0 bridgehead atoms. The highest BCUT2D eigenvalue weighted by atomic mass is 16.1. The van der Waals surface area contributed by atoms with E-state index in [2.05, 4.69) is 20.5 Å². The van der Waals surface area contributed by atoms with Gasteiger partial charge in [-0.05, 0) is 52.0 Å². The van der Waals surface area contributed by atoms with E-state index in [1.165, 1.54) is 32.1 Å². The summed E-state index contributed by atoms with van der Waals surface area (Å²) in [5.41, 5.74) is 1.50. The number of carbonyl (C=O) groups is 1. The van der Waals surface area contributed by atoms with Gasteiger partial charge in [0.25, 0.3) is 5.91 Å². The molecule has 1 aromatic heterocycles. The van der Waals surface area contributed by atoms with Crippen LogP contribution in [0, 0.1) is 0 Å². The zero-order valence-corrected chi connectivity index (χ0v) is 13.8. The van der Waals surface area contributed by atoms with E-state index >= 15 is 0 Å². The summed E-state index contributed by atoms with van der Waals surface area (Å²) in [4.78, 5) is 18.4. The smallest absolute Gasteiger partial charge is 0.269 e. The molecule has 5 nitrogen and oxygen atoms in total. The van der Waals surface area contributed by atoms with Gasteiger partial charge >= 0.3 is 0 Å². The molecule has 2 N–H and O–H groups in total. The molecule has 0 atom stereocenters. The molecular weight excluding hydrogens is 276 g/mol. The van der Waals surface area contributed by atoms with Crippen LogP contribution in [0.15, 0.2) is 18.3 Å². The summed E-state index contributed by atoms with van der Waals surface area (Å²) in [6, 6.07) is 4.31. The zero-order valence-electron chi connectivity index (χ0n) is 13.8. The largest absolute Gasteiger partial charge is 0.381 e. The monoisotopic (exact) mass is 304 g/mol. The lowest BCUT2D eigenvalue weighted by Crippen LogP contribution is -2.28. The van der Waals surface area contributed by atoms with Crippen LogP contribution in [0.1, 0.15) is 49.0 Å². The number of pyridine rings is 1. The van der Waals surface area contributed by atoms with Crippen molar-refractivity contribution in [2.24, 2.45) is 0 Å². The van der Waals surface area contributed by atoms with E-state index in [1.807, 2.05) is 20.2 Å². The molecule has 122 valence electrons. The molecule has 1 fully saturated rings. The van der Waals surface area contributed by atoms with Crippen molar-refractivity contribution in [3.63, 3.8) is 0 Å². The minimum atomic E-state index is -0.0945. The number of carbonyl (C=O) groups excluding carboxylic acids is 1. The molecule has 0 aromatic carbocycles. The van der Waals surface area contributed by atoms with E-state index in [1.54, 1.807) is 12.3 Å². The van der Waals surface area contributed by atoms with E-state index in [0.29, 0.717) is 18.3 Å². The number of rotatable bonds is 7. The first-order chi connectivity index (χ1) is 10.6. The number of aromatic nitrogens is 1. The first kappa shape index (κ1) is 16.7. The quantitative estimate of drug-likeness (QED) is 0.760. The van der Waals surface area contributed by atoms with Gasteiger partial charge in [-0.3, -0.25) is 4.79 Å². The Balaban J connectivity index is 1.76. The fourth-order valence-corrected chi connectivity index (χ4v) is 2.78. The maximum absolute atomic E-state index is 12.0. The summed E-state index contributed by atoms with van der Waals surface area (Å²) in [7, 11) is 4.06. The fraction of sp³-hybridized carbons (Fsp3) is 0.647. The normalized spacial score (nSPS) is 15.8. The van der Waals surface area contributed by atoms with E-state index < -0.39 is 0 Å². The molecular formula is C17H28N4O. The maximum atomic E-state index is 12.0. The van der Waals surface area contributed by atoms with Crippen molar-refractivity contribution in [1.82, 2.24) is 15.2 Å². The molecule has 0 radical (unpaired) electrons. The maximum Gasteiger partial charge on any atom is 0.269 e. The van der Waals surface area contributed by atoms with Gasteiger partial charge in [0, 0.05) is 12.6 Å². The highest BCUT2D eigenvalue weighted by Gasteiger charge is 2.13. The third-order valence-corrected chi connectivity index (χ3v) is 4.04. The van der Waals surface area contributed by atoms with Crippen LogP contribution in [0.5, 0.6) is 0 Å². The van der Waals surface area contributed by atoms with Gasteiger partial charge in [-0.1, -0.05) is 19.3 Å². The second-order valence-electron chi connectivity index (χ2n) is 6.32. The van der Waals surface area contributed by atoms with Crippen molar-refractivity contribution in [3.05, 3.63) is 24.0 Å². The molecule has 1 amide bonds. The Hall–Kier alpha value is -1.62. The molecule has 0 saturated heterocycles. The molecule has 1 aromatic rings. The van der Waals surface area contributed by atoms with Crippen molar-refractivity contribution in [2.45, 2.75) is 44.6 Å². The van der Waals surface area contributed by atoms with Crippen LogP contribution in [0.4, 0.5) is 5.69 Å². The van der Waals surface area contributed by atoms with Crippen LogP contribution in [-0.2, 0) is 0 Å². The molecule has 2 rings (SSSR count). The van der Waals surface area contributed by atoms with Crippen molar-refractivity contribution in [3.8, 4) is 0 Å². The van der Waals surface area contributed by atoms with Crippen molar-refractivity contribution in [1.29, 1.82) is 0 Å². The van der Waals surface area contributed by atoms with E-state index in [0.717, 1.165) is 18.7 Å². The first-order valence-corrected chi connectivity index (χ1v) is 8.30. The molecule has 0 spiro atoms. The predicted octanol–water partition coefficient (Wildman–Crippen LogP) is 2.51. The number of hydrogen-bond acceptors (Lipinski definition) is 4. The molecule has 0 aliphatic heterocycles. The number of nitrogens with zero attached hydrogens (tertiary/aromatic N) is 2. The zero-order chi connectivity index (χ0) is 15.8. The van der Waals surface area contributed by atoms with Gasteiger partial charge in [0.1, 0.15) is 5.69 Å². The van der Waals surface area contributed by atoms with Crippen LogP contribution in [-0.4, -0.2) is 49.0 Å². The van der Waals surface area contributed by atoms with Crippen molar-refractivity contribution < 1.29 is 4.79 Å². The first-order valence-electron chi connectivity index (χ1n) is 8.30. The third-order valence-electron chi connectivity index (χ3n) is 4.04. The molecule has 1 heterocycles. The van der Waals surface area contributed by atoms with Gasteiger partial charge in [-0.2, -0.15) is 0 Å². The molecule has 1 aliphatic rings. The SMILES string of the molecule is CN(C)CCCNC(=O)c1ccc(NC2CCCCC2)cn1. The van der Waals surface area contributed by atoms with E-state index in [4.69, 9.17) is 0 Å².